The van der Waals surface area contributed by atoms with Gasteiger partial charge in [-0.1, -0.05) is 0 Å². The van der Waals surface area contributed by atoms with Gasteiger partial charge in [0.15, 0.2) is 10.9 Å². The smallest absolute Gasteiger partial charge is 0.247 e. The second-order valence-electron chi connectivity index (χ2n) is 5.43. The van der Waals surface area contributed by atoms with Gasteiger partial charge in [-0.2, -0.15) is 15.0 Å². The van der Waals surface area contributed by atoms with Crippen LogP contribution in [0.2, 0.25) is 0 Å². The molecule has 0 atom stereocenters. The summed E-state index contributed by atoms with van der Waals surface area (Å²) in [5.41, 5.74) is 7.51. The molecule has 0 saturated heterocycles. The van der Waals surface area contributed by atoms with Crippen LogP contribution in [0.5, 0.6) is 0 Å². The van der Waals surface area contributed by atoms with E-state index in [0.717, 1.165) is 21.0 Å². The number of nitrogens with one attached hydrogen (secondary N) is 1. The fraction of sp³-hybridized carbons (Fsp3) is 0.133. The Hall–Kier alpha value is -3.05. The molecule has 0 spiro atoms. The molecule has 0 saturated carbocycles. The molecule has 0 bridgehead atoms. The van der Waals surface area contributed by atoms with Crippen molar-refractivity contribution in [2.24, 2.45) is 7.05 Å². The highest BCUT2D eigenvalue weighted by Crippen LogP contribution is 2.34. The van der Waals surface area contributed by atoms with Crippen LogP contribution in [0.1, 0.15) is 0 Å². The average molecular weight is 386 g/mol. The van der Waals surface area contributed by atoms with Crippen molar-refractivity contribution in [1.82, 2.24) is 29.8 Å². The lowest BCUT2D eigenvalue weighted by atomic mass is 10.3. The fourth-order valence-corrected chi connectivity index (χ4v) is 3.92. The van der Waals surface area contributed by atoms with Gasteiger partial charge in [0, 0.05) is 29.1 Å². The maximum absolute atomic E-state index is 12.1. The summed E-state index contributed by atoms with van der Waals surface area (Å²) in [6, 6.07) is 4.02. The van der Waals surface area contributed by atoms with E-state index in [0.29, 0.717) is 10.9 Å². The monoisotopic (exact) mass is 386 g/mol. The minimum Gasteiger partial charge on any atom is -0.375 e. The zero-order chi connectivity index (χ0) is 18.1. The fourth-order valence-electron chi connectivity index (χ4n) is 2.34. The predicted molar refractivity (Wildman–Crippen MR) is 101 cm³/mol. The van der Waals surface area contributed by atoms with Gasteiger partial charge < -0.3 is 11.1 Å². The number of hydrogen-bond acceptors (Lipinski definition) is 8. The summed E-state index contributed by atoms with van der Waals surface area (Å²) in [5.74, 6) is 0.195. The van der Waals surface area contributed by atoms with Gasteiger partial charge in [0.1, 0.15) is 6.54 Å². The molecule has 11 heteroatoms. The molecule has 0 fully saturated rings. The molecule has 132 valence electrons. The van der Waals surface area contributed by atoms with Gasteiger partial charge in [-0.3, -0.25) is 9.48 Å². The zero-order valence-electron chi connectivity index (χ0n) is 13.7. The molecule has 0 aliphatic rings. The van der Waals surface area contributed by atoms with Gasteiger partial charge in [-0.25, -0.2) is 4.98 Å². The van der Waals surface area contributed by atoms with E-state index in [9.17, 15) is 4.79 Å². The Bertz CT molecular complexity index is 1060. The van der Waals surface area contributed by atoms with E-state index in [1.165, 1.54) is 22.3 Å². The highest BCUT2D eigenvalue weighted by Gasteiger charge is 2.11. The van der Waals surface area contributed by atoms with Crippen LogP contribution >= 0.6 is 22.7 Å². The van der Waals surface area contributed by atoms with Crippen LogP contribution in [0.4, 0.5) is 10.9 Å². The lowest BCUT2D eigenvalue weighted by Crippen LogP contribution is -2.19. The minimum absolute atomic E-state index is 0.0947. The molecule has 4 aromatic heterocycles. The Morgan fingerprint density at radius 3 is 2.85 bits per heavy atom. The Morgan fingerprint density at radius 2 is 2.12 bits per heavy atom. The lowest BCUT2D eigenvalue weighted by Gasteiger charge is -2.01. The van der Waals surface area contributed by atoms with Gasteiger partial charge >= 0.3 is 0 Å². The summed E-state index contributed by atoms with van der Waals surface area (Å²) in [4.78, 5) is 19.8. The summed E-state index contributed by atoms with van der Waals surface area (Å²) >= 11 is 3.02. The average Bonchev–Trinajstić information content (AvgIpc) is 3.34. The van der Waals surface area contributed by atoms with E-state index in [2.05, 4.69) is 25.6 Å². The molecule has 0 unspecified atom stereocenters. The van der Waals surface area contributed by atoms with Crippen molar-refractivity contribution in [3.05, 3.63) is 36.1 Å². The third-order valence-electron chi connectivity index (χ3n) is 3.47. The molecule has 0 aromatic carbocycles. The van der Waals surface area contributed by atoms with Crippen molar-refractivity contribution in [3.8, 4) is 21.0 Å². The molecule has 0 aliphatic heterocycles. The number of rotatable bonds is 5. The Morgan fingerprint density at radius 1 is 1.27 bits per heavy atom. The number of anilines is 2. The van der Waals surface area contributed by atoms with E-state index < -0.39 is 0 Å². The van der Waals surface area contributed by atoms with Crippen molar-refractivity contribution in [2.45, 2.75) is 6.54 Å². The van der Waals surface area contributed by atoms with Crippen molar-refractivity contribution in [2.75, 3.05) is 11.1 Å². The van der Waals surface area contributed by atoms with Crippen molar-refractivity contribution in [3.63, 3.8) is 0 Å². The number of nitrogens with two attached hydrogens (primary N) is 1. The molecule has 1 amide bonds. The van der Waals surface area contributed by atoms with Crippen molar-refractivity contribution < 1.29 is 4.79 Å². The van der Waals surface area contributed by atoms with Crippen molar-refractivity contribution in [1.29, 1.82) is 0 Å². The molecular formula is C15H14N8OS2. The maximum atomic E-state index is 12.1. The Labute approximate surface area is 156 Å². The van der Waals surface area contributed by atoms with Crippen LogP contribution in [0.25, 0.3) is 21.0 Å². The Kier molecular flexibility index (Phi) is 4.22. The van der Waals surface area contributed by atoms with Gasteiger partial charge in [-0.15, -0.1) is 27.8 Å². The Balaban J connectivity index is 1.44. The number of aromatic nitrogens is 6. The van der Waals surface area contributed by atoms with Crippen LogP contribution in [-0.2, 0) is 18.4 Å². The largest absolute Gasteiger partial charge is 0.375 e. The number of carbonyl (C=O) groups excluding carboxylic acids is 1. The first-order valence-corrected chi connectivity index (χ1v) is 9.26. The number of nitrogens with zero attached hydrogens (tertiary/aromatic N) is 6. The second-order valence-corrected chi connectivity index (χ2v) is 7.40. The number of amides is 1. The molecule has 9 nitrogen and oxygen atoms in total. The topological polar surface area (TPSA) is 117 Å². The first kappa shape index (κ1) is 16.4. The highest BCUT2D eigenvalue weighted by atomic mass is 32.1. The summed E-state index contributed by atoms with van der Waals surface area (Å²) in [6.07, 6.45) is 5.06. The normalized spacial score (nSPS) is 11.0. The number of carbonyl (C=O) groups is 1. The summed E-state index contributed by atoms with van der Waals surface area (Å²) in [5, 5.41) is 17.3. The van der Waals surface area contributed by atoms with E-state index in [1.807, 2.05) is 23.7 Å². The number of thiophene rings is 1. The highest BCUT2D eigenvalue weighted by molar-refractivity contribution is 7.19. The van der Waals surface area contributed by atoms with Crippen LogP contribution in [-0.4, -0.2) is 35.7 Å². The number of thiazole rings is 1. The van der Waals surface area contributed by atoms with Gasteiger partial charge in [0.2, 0.25) is 5.91 Å². The summed E-state index contributed by atoms with van der Waals surface area (Å²) in [6.45, 7) is 0.0947. The molecule has 4 rings (SSSR count). The third kappa shape index (κ3) is 3.48. The molecule has 0 aliphatic carbocycles. The van der Waals surface area contributed by atoms with Crippen LogP contribution < -0.4 is 11.1 Å². The van der Waals surface area contributed by atoms with E-state index >= 15 is 0 Å². The van der Waals surface area contributed by atoms with Crippen LogP contribution in [0, 0.1) is 0 Å². The molecule has 0 radical (unpaired) electrons. The van der Waals surface area contributed by atoms with Crippen LogP contribution in [0.3, 0.4) is 0 Å². The maximum Gasteiger partial charge on any atom is 0.247 e. The first-order valence-electron chi connectivity index (χ1n) is 7.57. The van der Waals surface area contributed by atoms with E-state index in [4.69, 9.17) is 5.73 Å². The predicted octanol–water partition coefficient (Wildman–Crippen LogP) is 2.08. The molecule has 26 heavy (non-hydrogen) atoms. The zero-order valence-corrected chi connectivity index (χ0v) is 15.3. The van der Waals surface area contributed by atoms with E-state index in [1.54, 1.807) is 29.3 Å². The number of hydrogen-bond donors (Lipinski definition) is 2. The van der Waals surface area contributed by atoms with Gasteiger partial charge in [-0.05, 0) is 12.1 Å². The molecule has 4 heterocycles. The quantitative estimate of drug-likeness (QED) is 0.542. The van der Waals surface area contributed by atoms with Crippen LogP contribution in [0.15, 0.2) is 36.1 Å². The minimum atomic E-state index is -0.218. The summed E-state index contributed by atoms with van der Waals surface area (Å²) < 4.78 is 1.58. The third-order valence-corrected chi connectivity index (χ3v) is 5.30. The van der Waals surface area contributed by atoms with E-state index in [-0.39, 0.29) is 12.5 Å². The first-order chi connectivity index (χ1) is 12.6. The molecule has 3 N–H and O–H groups in total. The number of aryl methyl sites for hydroxylation is 1. The summed E-state index contributed by atoms with van der Waals surface area (Å²) in [7, 11) is 1.69. The lowest BCUT2D eigenvalue weighted by molar-refractivity contribution is -0.116. The van der Waals surface area contributed by atoms with Gasteiger partial charge in [0.25, 0.3) is 0 Å². The van der Waals surface area contributed by atoms with Gasteiger partial charge in [0.05, 0.1) is 23.0 Å². The standard InChI is InChI=1S/C15H14N8OS2/c1-22-17-5-13(21-22)20-14(24)7-23-6-9(4-18-23)11-2-3-12(26-11)10-8-25-15(16)19-10/h2-6,8H,7H2,1H3,(H2,16,19)(H,20,21,24). The number of nitrogen functional groups attached to an aromatic ring is 1. The SMILES string of the molecule is Cn1ncc(NC(=O)Cn2cc(-c3ccc(-c4csc(N)n4)s3)cn2)n1. The second kappa shape index (κ2) is 6.69. The molecule has 4 aromatic rings. The molecular weight excluding hydrogens is 372 g/mol. The van der Waals surface area contributed by atoms with Crippen molar-refractivity contribution >= 4 is 39.5 Å².